The summed E-state index contributed by atoms with van der Waals surface area (Å²) in [6, 6.07) is 0. The first-order valence-corrected chi connectivity index (χ1v) is 40.8. The van der Waals surface area contributed by atoms with E-state index in [0.29, 0.717) is 17.4 Å². The van der Waals surface area contributed by atoms with Crippen LogP contribution in [0.5, 0.6) is 0 Å². The van der Waals surface area contributed by atoms with E-state index in [9.17, 15) is 19.0 Å². The van der Waals surface area contributed by atoms with Crippen molar-refractivity contribution < 1.29 is 42.1 Å². The van der Waals surface area contributed by atoms with E-state index < -0.39 is 26.5 Å². The summed E-state index contributed by atoms with van der Waals surface area (Å²) in [5, 5.41) is 0. The monoisotopic (exact) mass is 1330 g/mol. The molecule has 0 aromatic rings. The molecule has 0 saturated heterocycles. The summed E-state index contributed by atoms with van der Waals surface area (Å²) in [5.41, 5.74) is 0. The largest absolute Gasteiger partial charge is 0.472 e. The van der Waals surface area contributed by atoms with Crippen molar-refractivity contribution in [3.8, 4) is 0 Å². The quantitative estimate of drug-likeness (QED) is 0.0211. The number of hydrogen-bond donors (Lipinski definition) is 1. The Morgan fingerprint density at radius 2 is 0.606 bits per heavy atom. The van der Waals surface area contributed by atoms with E-state index in [-0.39, 0.29) is 32.0 Å². The maximum absolute atomic E-state index is 12.9. The number of quaternary nitrogens is 1. The van der Waals surface area contributed by atoms with Crippen molar-refractivity contribution in [3.63, 3.8) is 0 Å². The Morgan fingerprint density at radius 1 is 0.340 bits per heavy atom. The third kappa shape index (κ3) is 77.4. The van der Waals surface area contributed by atoms with Gasteiger partial charge < -0.3 is 18.9 Å². The highest BCUT2D eigenvalue weighted by atomic mass is 31.2. The van der Waals surface area contributed by atoms with Gasteiger partial charge in [-0.3, -0.25) is 18.6 Å². The maximum atomic E-state index is 12.9. The topological polar surface area (TPSA) is 108 Å². The molecule has 0 aliphatic heterocycles. The molecule has 0 heterocycles. The molecule has 2 unspecified atom stereocenters. The molecule has 542 valence electrons. The Bertz CT molecular complexity index is 2010. The maximum Gasteiger partial charge on any atom is 0.472 e. The molecule has 0 aromatic heterocycles. The number of likely N-dealkylation sites (N-methyl/N-ethyl adjacent to an activating group) is 1. The van der Waals surface area contributed by atoms with E-state index in [1.165, 1.54) is 225 Å². The number of rotatable bonds is 72. The number of allylic oxidation sites excluding steroid dienone is 20. The first-order valence-electron chi connectivity index (χ1n) is 39.3. The van der Waals surface area contributed by atoms with E-state index >= 15 is 0 Å². The van der Waals surface area contributed by atoms with Gasteiger partial charge >= 0.3 is 19.8 Å². The lowest BCUT2D eigenvalue weighted by Crippen LogP contribution is -2.37. The molecule has 10 heteroatoms. The summed E-state index contributed by atoms with van der Waals surface area (Å²) < 4.78 is 34.8. The van der Waals surface area contributed by atoms with Crippen molar-refractivity contribution in [2.75, 3.05) is 47.5 Å². The van der Waals surface area contributed by atoms with Crippen molar-refractivity contribution in [2.45, 2.75) is 354 Å². The molecule has 2 atom stereocenters. The van der Waals surface area contributed by atoms with Crippen molar-refractivity contribution in [1.29, 1.82) is 0 Å². The third-order valence-electron chi connectivity index (χ3n) is 17.0. The molecular weight excluding hydrogens is 1180 g/mol. The molecule has 9 nitrogen and oxygen atoms in total. The SMILES string of the molecule is CC/C=C\C/C=C\C/C=C\C/C=C\C/C=C\C/C=C\C/C=C\CCCCCCCCCCCCCCCCCCCC(=O)OC(COC(=O)CCCCCCCCCCCCCCCCCC/C=C\C/C=C\C/C=C\CCCCCCC)COP(=O)(O)OCC[N+](C)(C)C. The molecule has 0 bridgehead atoms. The number of carbonyl (C=O) groups is 2. The number of nitrogens with zero attached hydrogens (tertiary/aromatic N) is 1. The van der Waals surface area contributed by atoms with Gasteiger partial charge in [-0.05, 0) is 109 Å². The number of esters is 2. The number of carbonyl (C=O) groups excluding carboxylic acids is 2. The van der Waals surface area contributed by atoms with E-state index in [1.54, 1.807) is 0 Å². The minimum atomic E-state index is -4.40. The molecule has 0 fully saturated rings. The Kier molecular flexibility index (Phi) is 70.8. The van der Waals surface area contributed by atoms with Crippen LogP contribution >= 0.6 is 7.82 Å². The molecule has 94 heavy (non-hydrogen) atoms. The van der Waals surface area contributed by atoms with E-state index in [0.717, 1.165) is 89.9 Å². The lowest BCUT2D eigenvalue weighted by Gasteiger charge is -2.24. The van der Waals surface area contributed by atoms with Crippen LogP contribution in [0.25, 0.3) is 0 Å². The van der Waals surface area contributed by atoms with Gasteiger partial charge in [0.15, 0.2) is 6.10 Å². The molecule has 0 aliphatic rings. The predicted molar refractivity (Wildman–Crippen MR) is 408 cm³/mol. The Hall–Kier alpha value is -3.59. The lowest BCUT2D eigenvalue weighted by molar-refractivity contribution is -0.870. The van der Waals surface area contributed by atoms with Crippen molar-refractivity contribution in [2.24, 2.45) is 0 Å². The summed E-state index contributed by atoms with van der Waals surface area (Å²) in [6.45, 7) is 4.34. The van der Waals surface area contributed by atoms with Gasteiger partial charge in [-0.15, -0.1) is 0 Å². The second-order valence-corrected chi connectivity index (χ2v) is 28.8. The lowest BCUT2D eigenvalue weighted by atomic mass is 10.0. The minimum Gasteiger partial charge on any atom is -0.462 e. The zero-order chi connectivity index (χ0) is 68.3. The van der Waals surface area contributed by atoms with E-state index in [1.807, 2.05) is 21.1 Å². The highest BCUT2D eigenvalue weighted by Crippen LogP contribution is 2.43. The smallest absolute Gasteiger partial charge is 0.462 e. The van der Waals surface area contributed by atoms with Crippen LogP contribution in [0.3, 0.4) is 0 Å². The highest BCUT2D eigenvalue weighted by Gasteiger charge is 2.27. The van der Waals surface area contributed by atoms with Crippen LogP contribution < -0.4 is 0 Å². The van der Waals surface area contributed by atoms with Gasteiger partial charge in [0.25, 0.3) is 0 Å². The van der Waals surface area contributed by atoms with Crippen molar-refractivity contribution in [1.82, 2.24) is 0 Å². The van der Waals surface area contributed by atoms with Gasteiger partial charge in [0, 0.05) is 12.8 Å². The molecule has 0 amide bonds. The van der Waals surface area contributed by atoms with Crippen LogP contribution in [-0.2, 0) is 32.7 Å². The van der Waals surface area contributed by atoms with Gasteiger partial charge in [-0.2, -0.15) is 0 Å². The van der Waals surface area contributed by atoms with Crippen LogP contribution in [0.4, 0.5) is 0 Å². The van der Waals surface area contributed by atoms with Crippen molar-refractivity contribution >= 4 is 19.8 Å². The average Bonchev–Trinajstić information content (AvgIpc) is 1.56. The highest BCUT2D eigenvalue weighted by molar-refractivity contribution is 7.47. The number of phosphoric acid groups is 1. The predicted octanol–water partition coefficient (Wildman–Crippen LogP) is 26.2. The fourth-order valence-electron chi connectivity index (χ4n) is 11.0. The number of ether oxygens (including phenoxy) is 2. The van der Waals surface area contributed by atoms with Crippen LogP contribution in [0.2, 0.25) is 0 Å². The molecule has 0 aromatic carbocycles. The van der Waals surface area contributed by atoms with Gasteiger partial charge in [0.05, 0.1) is 27.7 Å². The Balaban J connectivity index is 3.98. The molecule has 0 saturated carbocycles. The fraction of sp³-hybridized carbons (Fsp3) is 0.738. The summed E-state index contributed by atoms with van der Waals surface area (Å²) in [7, 11) is 1.48. The average molecular weight is 1330 g/mol. The minimum absolute atomic E-state index is 0.0294. The summed E-state index contributed by atoms with van der Waals surface area (Å²) in [4.78, 5) is 36.0. The molecule has 0 radical (unpaired) electrons. The first kappa shape index (κ1) is 90.4. The molecule has 0 aliphatic carbocycles. The second-order valence-electron chi connectivity index (χ2n) is 27.4. The van der Waals surface area contributed by atoms with Crippen LogP contribution in [0.15, 0.2) is 122 Å². The summed E-state index contributed by atoms with van der Waals surface area (Å²) in [5.74, 6) is -0.787. The Morgan fingerprint density at radius 3 is 0.904 bits per heavy atom. The normalized spacial score (nSPS) is 13.7. The molecule has 0 rings (SSSR count). The number of hydrogen-bond acceptors (Lipinski definition) is 7. The van der Waals surface area contributed by atoms with Gasteiger partial charge in [-0.25, -0.2) is 4.57 Å². The van der Waals surface area contributed by atoms with Crippen LogP contribution in [-0.4, -0.2) is 74.9 Å². The molecule has 1 N–H and O–H groups in total. The van der Waals surface area contributed by atoms with E-state index in [4.69, 9.17) is 18.5 Å². The standard InChI is InChI=1S/C84H148NO8P/c1-6-8-10-12-14-16-18-20-22-24-26-28-30-32-34-36-38-39-40-41-42-43-44-45-47-49-51-53-55-57-59-61-63-65-67-69-71-73-75-77-84(87)93-82(81-92-94(88,89)91-79-78-85(3,4)5)80-90-83(86)76-74-72-70-68-66-64-62-60-58-56-54-52-50-48-46-37-35-33-31-29-27-25-23-21-19-17-15-13-11-9-7-2/h8,10,14,16,19-22,25-28,31-34,38-39,41-42,82H,6-7,9,11-13,15,17-18,23-24,29-30,35-37,40,43-81H2,1-5H3/p+1/b10-8-,16-14-,21-19-,22-20-,27-25-,28-26-,33-31-,34-32-,39-38-,42-41-. The van der Waals surface area contributed by atoms with Crippen LogP contribution in [0.1, 0.15) is 348 Å². The summed E-state index contributed by atoms with van der Waals surface area (Å²) >= 11 is 0. The number of phosphoric ester groups is 1. The number of unbranched alkanes of at least 4 members (excludes halogenated alkanes) is 38. The van der Waals surface area contributed by atoms with Gasteiger partial charge in [0.1, 0.15) is 19.8 Å². The zero-order valence-electron chi connectivity index (χ0n) is 61.9. The third-order valence-corrected chi connectivity index (χ3v) is 18.0. The zero-order valence-corrected chi connectivity index (χ0v) is 62.8. The first-order chi connectivity index (χ1) is 46.0. The second kappa shape index (κ2) is 73.7. The van der Waals surface area contributed by atoms with E-state index in [2.05, 4.69) is 135 Å². The summed E-state index contributed by atoms with van der Waals surface area (Å²) in [6.07, 6.45) is 106. The van der Waals surface area contributed by atoms with Gasteiger partial charge in [-0.1, -0.05) is 347 Å². The van der Waals surface area contributed by atoms with Crippen molar-refractivity contribution in [3.05, 3.63) is 122 Å². The Labute approximate surface area is 581 Å². The molecule has 0 spiro atoms. The fourth-order valence-corrected chi connectivity index (χ4v) is 11.7. The molecular formula is C84H149NO8P+. The van der Waals surface area contributed by atoms with Crippen LogP contribution in [0, 0.1) is 0 Å². The van der Waals surface area contributed by atoms with Gasteiger partial charge in [0.2, 0.25) is 0 Å².